The predicted molar refractivity (Wildman–Crippen MR) is 37.8 cm³/mol. The monoisotopic (exact) mass is 171 g/mol. The third kappa shape index (κ3) is 6.11. The number of nitrogens with zero attached hydrogens (tertiary/aromatic N) is 1. The van der Waals surface area contributed by atoms with Crippen LogP contribution in [0.25, 0.3) is 0 Å². The molecule has 0 heterocycles. The van der Waals surface area contributed by atoms with Crippen molar-refractivity contribution in [2.24, 2.45) is 0 Å². The van der Waals surface area contributed by atoms with Gasteiger partial charge in [0.1, 0.15) is 5.75 Å². The van der Waals surface area contributed by atoms with Gasteiger partial charge < -0.3 is 4.18 Å². The molecular formula is C4H6NNaO3S. The zero-order valence-corrected chi connectivity index (χ0v) is 5.39. The predicted octanol–water partition coefficient (Wildman–Crippen LogP) is -0.649. The molecule has 0 amide bonds. The van der Waals surface area contributed by atoms with Gasteiger partial charge in [-0.25, -0.2) is 0 Å². The fourth-order valence-corrected chi connectivity index (χ4v) is 0.705. The summed E-state index contributed by atoms with van der Waals surface area (Å²) in [5, 5.41) is 7.74. The topological polar surface area (TPSA) is 67.2 Å². The molecule has 0 aromatic heterocycles. The van der Waals surface area contributed by atoms with Gasteiger partial charge in [0.25, 0.3) is 0 Å². The second-order valence-electron chi connectivity index (χ2n) is 1.19. The Kier molecular flexibility index (Phi) is 7.26. The summed E-state index contributed by atoms with van der Waals surface area (Å²) in [5.74, 6) is -0.333. The molecule has 0 aliphatic heterocycles. The molecule has 52 valence electrons. The Hall–Kier alpha value is -0.0200. The van der Waals surface area contributed by atoms with Crippen molar-refractivity contribution in [3.05, 3.63) is 12.7 Å². The fraction of sp³-hybridized carbons (Fsp3) is 0.250. The molecule has 0 spiro atoms. The Morgan fingerprint density at radius 3 is 2.50 bits per heavy atom. The van der Waals surface area contributed by atoms with Crippen molar-refractivity contribution in [2.45, 2.75) is 0 Å². The summed E-state index contributed by atoms with van der Waals surface area (Å²) in [6.45, 7) is 3.16. The molecule has 0 radical (unpaired) electrons. The number of hydrogen-bond donors (Lipinski definition) is 0. The molecule has 0 unspecified atom stereocenters. The van der Waals surface area contributed by atoms with Gasteiger partial charge in [-0.1, -0.05) is 6.08 Å². The van der Waals surface area contributed by atoms with Crippen LogP contribution in [0, 0.1) is 11.5 Å². The molecule has 0 saturated carbocycles. The van der Waals surface area contributed by atoms with E-state index in [1.54, 1.807) is 0 Å². The summed E-state index contributed by atoms with van der Waals surface area (Å²) < 4.78 is 24.3. The van der Waals surface area contributed by atoms with Crippen molar-refractivity contribution < 1.29 is 12.6 Å². The Morgan fingerprint density at radius 2 is 2.20 bits per heavy atom. The summed E-state index contributed by atoms with van der Waals surface area (Å²) in [6.07, 6.45) is 2.20. The van der Waals surface area contributed by atoms with Crippen LogP contribution in [0.2, 0.25) is 0 Å². The van der Waals surface area contributed by atoms with Crippen LogP contribution in [0.4, 0.5) is 0 Å². The van der Waals surface area contributed by atoms with Crippen molar-refractivity contribution in [3.63, 3.8) is 0 Å². The van der Waals surface area contributed by atoms with Crippen LogP contribution < -0.4 is 0 Å². The summed E-state index contributed by atoms with van der Waals surface area (Å²) >= 11 is 0. The molecule has 0 saturated heterocycles. The van der Waals surface area contributed by atoms with Gasteiger partial charge in [-0.15, -0.1) is 11.8 Å². The summed E-state index contributed by atoms with van der Waals surface area (Å²) in [4.78, 5) is 0. The van der Waals surface area contributed by atoms with Crippen LogP contribution in [0.1, 0.15) is 0 Å². The van der Waals surface area contributed by atoms with Crippen molar-refractivity contribution in [3.8, 4) is 6.26 Å². The summed E-state index contributed by atoms with van der Waals surface area (Å²) in [6, 6.07) is 0. The first kappa shape index (κ1) is 12.6. The first-order valence-corrected chi connectivity index (χ1v) is 3.61. The SMILES string of the molecule is C=CCS(=O)(=O)OC#N.[NaH]. The van der Waals surface area contributed by atoms with Crippen molar-refractivity contribution >= 4 is 39.7 Å². The third-order valence-corrected chi connectivity index (χ3v) is 1.46. The average Bonchev–Trinajstić information content (AvgIpc) is 1.64. The molecule has 0 atom stereocenters. The molecule has 4 nitrogen and oxygen atoms in total. The van der Waals surface area contributed by atoms with Gasteiger partial charge in [0.05, 0.1) is 0 Å². The van der Waals surface area contributed by atoms with Crippen LogP contribution in [0.15, 0.2) is 12.7 Å². The molecular weight excluding hydrogens is 165 g/mol. The van der Waals surface area contributed by atoms with Gasteiger partial charge in [0, 0.05) is 0 Å². The second-order valence-corrected chi connectivity index (χ2v) is 2.80. The van der Waals surface area contributed by atoms with Gasteiger partial charge >= 0.3 is 45.9 Å². The van der Waals surface area contributed by atoms with Crippen molar-refractivity contribution in [2.75, 3.05) is 5.75 Å². The Morgan fingerprint density at radius 1 is 1.70 bits per heavy atom. The molecule has 0 fully saturated rings. The van der Waals surface area contributed by atoms with Gasteiger partial charge in [-0.05, 0) is 0 Å². The van der Waals surface area contributed by atoms with Crippen LogP contribution in [-0.4, -0.2) is 43.7 Å². The van der Waals surface area contributed by atoms with Crippen LogP contribution in [-0.2, 0) is 14.3 Å². The molecule has 6 heteroatoms. The third-order valence-electron chi connectivity index (χ3n) is 0.486. The fourth-order valence-electron chi connectivity index (χ4n) is 0.235. The normalized spacial score (nSPS) is 8.70. The van der Waals surface area contributed by atoms with E-state index in [0.717, 1.165) is 12.3 Å². The quantitative estimate of drug-likeness (QED) is 0.245. The summed E-state index contributed by atoms with van der Waals surface area (Å²) in [5.41, 5.74) is 0. The molecule has 0 N–H and O–H groups in total. The van der Waals surface area contributed by atoms with Crippen LogP contribution in [0.3, 0.4) is 0 Å². The molecule has 0 aromatic carbocycles. The van der Waals surface area contributed by atoms with Crippen LogP contribution in [0.5, 0.6) is 0 Å². The van der Waals surface area contributed by atoms with E-state index in [-0.39, 0.29) is 35.3 Å². The Labute approximate surface area is 81.9 Å². The number of nitriles is 1. The minimum atomic E-state index is -3.66. The van der Waals surface area contributed by atoms with Crippen molar-refractivity contribution in [1.82, 2.24) is 0 Å². The van der Waals surface area contributed by atoms with E-state index in [1.165, 1.54) is 0 Å². The molecule has 10 heavy (non-hydrogen) atoms. The zero-order valence-electron chi connectivity index (χ0n) is 4.57. The zero-order chi connectivity index (χ0) is 7.33. The number of hydrogen-bond acceptors (Lipinski definition) is 4. The van der Waals surface area contributed by atoms with E-state index in [2.05, 4.69) is 10.8 Å². The van der Waals surface area contributed by atoms with E-state index in [0.29, 0.717) is 0 Å². The van der Waals surface area contributed by atoms with E-state index < -0.39 is 10.1 Å². The Balaban J connectivity index is 0. The molecule has 0 rings (SSSR count). The minimum absolute atomic E-state index is 0. The average molecular weight is 171 g/mol. The standard InChI is InChI=1S/C4H5NO3S.Na.H/c1-2-3-9(6,7)8-4-5;;/h2H,1,3H2;;. The maximum absolute atomic E-state index is 10.3. The first-order chi connectivity index (χ1) is 4.12. The van der Waals surface area contributed by atoms with Gasteiger partial charge in [0.2, 0.25) is 0 Å². The molecule has 0 aromatic rings. The number of rotatable bonds is 3. The van der Waals surface area contributed by atoms with Gasteiger partial charge in [0.15, 0.2) is 0 Å². The maximum atomic E-state index is 10.3. The van der Waals surface area contributed by atoms with Gasteiger partial charge in [-0.3, -0.25) is 0 Å². The second kappa shape index (κ2) is 5.74. The molecule has 0 bridgehead atoms. The summed E-state index contributed by atoms with van der Waals surface area (Å²) in [7, 11) is -3.66. The molecule has 0 aliphatic rings. The van der Waals surface area contributed by atoms with Crippen molar-refractivity contribution in [1.29, 1.82) is 5.26 Å². The van der Waals surface area contributed by atoms with E-state index >= 15 is 0 Å². The Bertz CT molecular complexity index is 227. The van der Waals surface area contributed by atoms with E-state index in [1.807, 2.05) is 0 Å². The molecule has 0 aliphatic carbocycles. The van der Waals surface area contributed by atoms with E-state index in [4.69, 9.17) is 5.26 Å². The van der Waals surface area contributed by atoms with Gasteiger partial charge in [-0.2, -0.15) is 8.42 Å². The first-order valence-electron chi connectivity index (χ1n) is 2.03. The van der Waals surface area contributed by atoms with Crippen LogP contribution >= 0.6 is 0 Å². The van der Waals surface area contributed by atoms with E-state index in [9.17, 15) is 8.42 Å².